The standard InChI is InChI=1S/C35H34N4O5.Mg/c1-8-19-15(3)22-12-24-17(5)21(10-11-28(40)41)32(38-24)30-31(35(43)44-7)34(42)29-18(6)25(39-33(29)30)14-27-20(9-2)16(4)23(37-27)13-26(19)36-22;/h8-9,12-14,17,21H,1-2,10-11H2,3-7H3,(H4,36,37,38,39,40,41,42,43);/q;+2/p-4. The Morgan fingerprint density at radius 1 is 0.978 bits per heavy atom. The molecule has 0 spiro atoms. The number of hydrogen-bond acceptors (Lipinski definition) is 7. The number of nitrogens with zero attached hydrogens (tertiary/aromatic N) is 4. The first-order chi connectivity index (χ1) is 21.0. The molecule has 0 saturated carbocycles. The van der Waals surface area contributed by atoms with Crippen molar-refractivity contribution in [2.45, 2.75) is 52.4 Å². The van der Waals surface area contributed by atoms with E-state index in [0.717, 1.165) is 28.0 Å². The van der Waals surface area contributed by atoms with Crippen LogP contribution in [0.5, 0.6) is 0 Å². The van der Waals surface area contributed by atoms with Crippen LogP contribution in [0.1, 0.15) is 89.1 Å². The topological polar surface area (TPSA) is 143 Å². The summed E-state index contributed by atoms with van der Waals surface area (Å²) in [6.07, 6.45) is 3.46. The molecular weight excluding hydrogens is 581 g/mol. The van der Waals surface area contributed by atoms with Gasteiger partial charge in [-0.25, -0.2) is 9.78 Å². The molecule has 9 nitrogen and oxygen atoms in total. The average Bonchev–Trinajstić information content (AvgIpc) is 3.72. The van der Waals surface area contributed by atoms with Crippen molar-refractivity contribution in [1.82, 2.24) is 19.9 Å². The average molecular weight is 611 g/mol. The van der Waals surface area contributed by atoms with Crippen LogP contribution >= 0.6 is 0 Å². The zero-order valence-corrected chi connectivity index (χ0v) is 27.3. The van der Waals surface area contributed by atoms with E-state index in [1.54, 1.807) is 19.1 Å². The molecule has 45 heavy (non-hydrogen) atoms. The molecule has 0 aromatic carbocycles. The Kier molecular flexibility index (Phi) is 8.41. The molecule has 8 bridgehead atoms. The summed E-state index contributed by atoms with van der Waals surface area (Å²) in [5.41, 5.74) is 9.15. The smallest absolute Gasteiger partial charge is 0.871 e. The van der Waals surface area contributed by atoms with Crippen LogP contribution in [-0.2, 0) is 14.3 Å². The first-order valence-electron chi connectivity index (χ1n) is 14.3. The summed E-state index contributed by atoms with van der Waals surface area (Å²) in [5.74, 6) is -3.21. The van der Waals surface area contributed by atoms with Crippen molar-refractivity contribution in [3.8, 4) is 0 Å². The van der Waals surface area contributed by atoms with Gasteiger partial charge in [-0.1, -0.05) is 67.3 Å². The summed E-state index contributed by atoms with van der Waals surface area (Å²) in [6, 6.07) is 5.61. The summed E-state index contributed by atoms with van der Waals surface area (Å²) in [6.45, 7) is 15.7. The van der Waals surface area contributed by atoms with Crippen molar-refractivity contribution >= 4 is 85.6 Å². The second kappa shape index (κ2) is 11.8. The quantitative estimate of drug-likeness (QED) is 0.301. The minimum atomic E-state index is -1.20. The molecule has 2 unspecified atom stereocenters. The number of carboxylic acid groups (broad SMARTS) is 1. The van der Waals surface area contributed by atoms with Crippen LogP contribution in [0.3, 0.4) is 0 Å². The van der Waals surface area contributed by atoms with Gasteiger partial charge in [-0.15, -0.1) is 22.1 Å². The normalized spacial score (nSPS) is 16.9. The zero-order chi connectivity index (χ0) is 31.6. The summed E-state index contributed by atoms with van der Waals surface area (Å²) < 4.78 is 5.06. The van der Waals surface area contributed by atoms with Crippen LogP contribution < -0.4 is 20.2 Å². The Balaban J connectivity index is 0.00000400. The number of allylic oxidation sites excluding steroid dienone is 3. The van der Waals surface area contributed by atoms with E-state index in [1.807, 2.05) is 39.0 Å². The molecule has 1 aliphatic carbocycles. The van der Waals surface area contributed by atoms with Crippen molar-refractivity contribution in [3.63, 3.8) is 0 Å². The molecule has 0 N–H and O–H groups in total. The van der Waals surface area contributed by atoms with Crippen LogP contribution in [0.2, 0.25) is 0 Å². The second-order valence-corrected chi connectivity index (χ2v) is 11.3. The number of rotatable bonds is 6. The second-order valence-electron chi connectivity index (χ2n) is 11.3. The molecule has 10 heteroatoms. The summed E-state index contributed by atoms with van der Waals surface area (Å²) in [5, 5.41) is 25.5. The van der Waals surface area contributed by atoms with Gasteiger partial charge in [-0.2, -0.15) is 0 Å². The van der Waals surface area contributed by atoms with E-state index in [1.165, 1.54) is 7.11 Å². The van der Waals surface area contributed by atoms with Gasteiger partial charge in [0.05, 0.1) is 29.8 Å². The largest absolute Gasteiger partial charge is 2.00 e. The Bertz CT molecular complexity index is 2060. The third-order valence-corrected chi connectivity index (χ3v) is 9.00. The molecule has 224 valence electrons. The van der Waals surface area contributed by atoms with Gasteiger partial charge < -0.3 is 29.7 Å². The monoisotopic (exact) mass is 610 g/mol. The van der Waals surface area contributed by atoms with Gasteiger partial charge in [0, 0.05) is 29.1 Å². The first kappa shape index (κ1) is 32.0. The number of aryl methyl sites for hydroxylation is 2. The van der Waals surface area contributed by atoms with Crippen molar-refractivity contribution in [2.24, 2.45) is 0 Å². The van der Waals surface area contributed by atoms with Gasteiger partial charge in [0.15, 0.2) is 0 Å². The fraction of sp³-hybridized carbons (Fsp3) is 0.257. The number of ether oxygens (including phenoxy) is 1. The van der Waals surface area contributed by atoms with Crippen molar-refractivity contribution in [1.29, 1.82) is 0 Å². The van der Waals surface area contributed by atoms with Crippen LogP contribution in [0.4, 0.5) is 0 Å². The number of aromatic nitrogens is 4. The Morgan fingerprint density at radius 2 is 1.67 bits per heavy atom. The third-order valence-electron chi connectivity index (χ3n) is 9.00. The molecule has 3 aromatic heterocycles. The molecule has 5 heterocycles. The van der Waals surface area contributed by atoms with Gasteiger partial charge in [-0.3, -0.25) is 4.98 Å². The number of esters is 1. The van der Waals surface area contributed by atoms with Crippen molar-refractivity contribution in [2.75, 3.05) is 7.11 Å². The Labute approximate surface area is 276 Å². The minimum absolute atomic E-state index is 0. The maximum atomic E-state index is 13.9. The molecule has 0 saturated heterocycles. The Hall–Kier alpha value is -4.41. The summed E-state index contributed by atoms with van der Waals surface area (Å²) in [7, 11) is 1.21. The van der Waals surface area contributed by atoms with Crippen LogP contribution in [0, 0.1) is 13.8 Å². The van der Waals surface area contributed by atoms with E-state index in [2.05, 4.69) is 13.2 Å². The van der Waals surface area contributed by atoms with Crippen molar-refractivity contribution < 1.29 is 24.5 Å². The van der Waals surface area contributed by atoms with E-state index in [4.69, 9.17) is 24.7 Å². The van der Waals surface area contributed by atoms with E-state index >= 15 is 0 Å². The molecule has 2 atom stereocenters. The molecule has 3 aliphatic rings. The first-order valence-corrected chi connectivity index (χ1v) is 14.3. The number of hydrogen-bond donors (Lipinski definition) is 0. The van der Waals surface area contributed by atoms with E-state index < -0.39 is 23.6 Å². The fourth-order valence-corrected chi connectivity index (χ4v) is 6.52. The van der Waals surface area contributed by atoms with E-state index in [-0.39, 0.29) is 52.9 Å². The van der Waals surface area contributed by atoms with Crippen molar-refractivity contribution in [3.05, 3.63) is 88.0 Å². The maximum absolute atomic E-state index is 13.9. The predicted octanol–water partition coefficient (Wildman–Crippen LogP) is 3.70. The van der Waals surface area contributed by atoms with Gasteiger partial charge >= 0.3 is 29.0 Å². The van der Waals surface area contributed by atoms with Gasteiger partial charge in [0.25, 0.3) is 0 Å². The fourth-order valence-electron chi connectivity index (χ4n) is 6.52. The number of carbonyl (C=O) groups excluding carboxylic acids is 2. The number of aliphatic carboxylic acids is 1. The SMILES string of the molecule is C=CC1=C(C)c2cc3[n-]c(cc4nc(c5c6[n-]c(cc1n2)c(C)c6C([O-])=C5C(=O)OC)C(CCC(=O)[O-])C4C)c(C)c3C=C.[Mg+2]. The van der Waals surface area contributed by atoms with Crippen LogP contribution in [0.15, 0.2) is 37.4 Å². The number of carboxylic acids is 1. The number of methoxy groups -OCH3 is 1. The zero-order valence-electron chi connectivity index (χ0n) is 25.9. The van der Waals surface area contributed by atoms with Gasteiger partial charge in [0.1, 0.15) is 0 Å². The van der Waals surface area contributed by atoms with E-state index in [9.17, 15) is 19.8 Å². The molecule has 0 fully saturated rings. The summed E-state index contributed by atoms with van der Waals surface area (Å²) in [4.78, 5) is 44.4. The molecule has 3 aromatic rings. The molecule has 2 aliphatic heterocycles. The van der Waals surface area contributed by atoms with Crippen LogP contribution in [-0.4, -0.2) is 52.1 Å². The third kappa shape index (κ3) is 4.92. The molecule has 0 amide bonds. The number of carbonyl (C=O) groups is 2. The predicted molar refractivity (Wildman–Crippen MR) is 171 cm³/mol. The Morgan fingerprint density at radius 3 is 2.31 bits per heavy atom. The van der Waals surface area contributed by atoms with E-state index in [0.29, 0.717) is 50.3 Å². The number of fused-ring (bicyclic) bond motifs is 8. The van der Waals surface area contributed by atoms with Gasteiger partial charge in [-0.05, 0) is 55.9 Å². The molecule has 0 radical (unpaired) electrons. The molecular formula is C35H30MgN4O5-2. The summed E-state index contributed by atoms with van der Waals surface area (Å²) >= 11 is 0. The molecule has 6 rings (SSSR count). The maximum Gasteiger partial charge on any atom is 2.00 e. The minimum Gasteiger partial charge on any atom is -0.871 e. The van der Waals surface area contributed by atoms with Gasteiger partial charge in [0.2, 0.25) is 0 Å². The van der Waals surface area contributed by atoms with Crippen LogP contribution in [0.25, 0.3) is 50.6 Å².